The number of hydrogen-bond acceptors (Lipinski definition) is 4. The first kappa shape index (κ1) is 20.2. The van der Waals surface area contributed by atoms with Crippen molar-refractivity contribution in [1.29, 1.82) is 0 Å². The van der Waals surface area contributed by atoms with Gasteiger partial charge < -0.3 is 15.0 Å². The van der Waals surface area contributed by atoms with E-state index in [4.69, 9.17) is 4.74 Å². The Morgan fingerprint density at radius 1 is 1.46 bits per heavy atom. The minimum Gasteiger partial charge on any atom is -0.494 e. The molecular formula is C19H28FN3O3. The van der Waals surface area contributed by atoms with Crippen LogP contribution in [-0.2, 0) is 16.1 Å². The fraction of sp³-hybridized carbons (Fsp3) is 0.579. The van der Waals surface area contributed by atoms with Gasteiger partial charge in [0.25, 0.3) is 0 Å². The van der Waals surface area contributed by atoms with Crippen LogP contribution in [0.3, 0.4) is 0 Å². The molecule has 0 radical (unpaired) electrons. The van der Waals surface area contributed by atoms with Crippen LogP contribution in [-0.4, -0.2) is 60.9 Å². The third kappa shape index (κ3) is 5.17. The molecule has 1 aromatic rings. The fourth-order valence-corrected chi connectivity index (χ4v) is 3.40. The second kappa shape index (κ2) is 8.98. The summed E-state index contributed by atoms with van der Waals surface area (Å²) in [6.45, 7) is 5.21. The summed E-state index contributed by atoms with van der Waals surface area (Å²) < 4.78 is 18.7. The van der Waals surface area contributed by atoms with Crippen molar-refractivity contribution in [3.8, 4) is 5.75 Å². The van der Waals surface area contributed by atoms with Gasteiger partial charge in [0.15, 0.2) is 11.6 Å². The number of rotatable bonds is 6. The molecule has 1 N–H and O–H groups in total. The Morgan fingerprint density at radius 3 is 2.81 bits per heavy atom. The van der Waals surface area contributed by atoms with Crippen LogP contribution in [0.2, 0.25) is 0 Å². The topological polar surface area (TPSA) is 61.9 Å². The maximum atomic E-state index is 13.8. The summed E-state index contributed by atoms with van der Waals surface area (Å²) >= 11 is 0. The average Bonchev–Trinajstić information content (AvgIpc) is 2.60. The fourth-order valence-electron chi connectivity index (χ4n) is 3.40. The Labute approximate surface area is 154 Å². The van der Waals surface area contributed by atoms with Gasteiger partial charge in [0.1, 0.15) is 0 Å². The van der Waals surface area contributed by atoms with E-state index < -0.39 is 5.82 Å². The van der Waals surface area contributed by atoms with Crippen molar-refractivity contribution in [2.45, 2.75) is 45.3 Å². The molecule has 1 aliphatic heterocycles. The van der Waals surface area contributed by atoms with E-state index >= 15 is 0 Å². The van der Waals surface area contributed by atoms with E-state index in [2.05, 4.69) is 10.2 Å². The maximum absolute atomic E-state index is 13.8. The molecule has 0 bridgehead atoms. The van der Waals surface area contributed by atoms with E-state index in [0.717, 1.165) is 19.4 Å². The zero-order valence-electron chi connectivity index (χ0n) is 15.9. The van der Waals surface area contributed by atoms with Gasteiger partial charge in [-0.15, -0.1) is 0 Å². The lowest BCUT2D eigenvalue weighted by molar-refractivity contribution is -0.136. The van der Waals surface area contributed by atoms with E-state index in [1.54, 1.807) is 24.1 Å². The molecule has 1 fully saturated rings. The molecule has 2 amide bonds. The maximum Gasteiger partial charge on any atom is 0.239 e. The van der Waals surface area contributed by atoms with Crippen molar-refractivity contribution in [3.63, 3.8) is 0 Å². The molecule has 0 spiro atoms. The quantitative estimate of drug-likeness (QED) is 0.835. The van der Waals surface area contributed by atoms with Gasteiger partial charge in [-0.05, 0) is 44.0 Å². The molecule has 0 aromatic heterocycles. The zero-order valence-corrected chi connectivity index (χ0v) is 15.9. The molecule has 1 saturated heterocycles. The van der Waals surface area contributed by atoms with Crippen LogP contribution in [0.15, 0.2) is 18.2 Å². The van der Waals surface area contributed by atoms with Crippen LogP contribution >= 0.6 is 0 Å². The van der Waals surface area contributed by atoms with E-state index in [1.807, 2.05) is 6.92 Å². The molecule has 144 valence electrons. The predicted molar refractivity (Wildman–Crippen MR) is 97.3 cm³/mol. The summed E-state index contributed by atoms with van der Waals surface area (Å²) in [7, 11) is 3.14. The zero-order chi connectivity index (χ0) is 19.3. The number of amides is 2. The lowest BCUT2D eigenvalue weighted by atomic mass is 10.0. The highest BCUT2D eigenvalue weighted by Gasteiger charge is 2.29. The summed E-state index contributed by atoms with van der Waals surface area (Å²) in [5.41, 5.74) is 0.709. The predicted octanol–water partition coefficient (Wildman–Crippen LogP) is 1.78. The van der Waals surface area contributed by atoms with Crippen LogP contribution in [0.1, 0.15) is 32.3 Å². The number of nitrogens with zero attached hydrogens (tertiary/aromatic N) is 2. The average molecular weight is 365 g/mol. The van der Waals surface area contributed by atoms with Crippen molar-refractivity contribution >= 4 is 11.8 Å². The standard InChI is InChI=1S/C19H28FN3O3/c1-13(23-9-5-6-16(12-23)21-14(2)24)19(25)22(3)11-15-7-8-18(26-4)17(20)10-15/h7-8,10,13,16H,5-6,9,11-12H2,1-4H3,(H,21,24). The van der Waals surface area contributed by atoms with Gasteiger partial charge in [0.2, 0.25) is 11.8 Å². The molecule has 26 heavy (non-hydrogen) atoms. The van der Waals surface area contributed by atoms with E-state index in [1.165, 1.54) is 20.1 Å². The van der Waals surface area contributed by atoms with Gasteiger partial charge >= 0.3 is 0 Å². The van der Waals surface area contributed by atoms with Gasteiger partial charge in [-0.25, -0.2) is 4.39 Å². The highest BCUT2D eigenvalue weighted by atomic mass is 19.1. The summed E-state index contributed by atoms with van der Waals surface area (Å²) in [5.74, 6) is -0.319. The Kier molecular flexibility index (Phi) is 6.97. The van der Waals surface area contributed by atoms with Gasteiger partial charge in [-0.3, -0.25) is 14.5 Å². The molecular weight excluding hydrogens is 337 g/mol. The number of piperidine rings is 1. The molecule has 1 aliphatic rings. The summed E-state index contributed by atoms with van der Waals surface area (Å²) in [5, 5.41) is 2.93. The Balaban J connectivity index is 1.96. The summed E-state index contributed by atoms with van der Waals surface area (Å²) in [6.07, 6.45) is 1.87. The minimum atomic E-state index is -0.437. The molecule has 1 aromatic carbocycles. The van der Waals surface area contributed by atoms with Crippen molar-refractivity contribution < 1.29 is 18.7 Å². The minimum absolute atomic E-state index is 0.0234. The second-order valence-corrected chi connectivity index (χ2v) is 6.87. The first-order chi connectivity index (χ1) is 12.3. The van der Waals surface area contributed by atoms with Gasteiger partial charge in [-0.2, -0.15) is 0 Å². The Hall–Kier alpha value is -2.15. The molecule has 1 heterocycles. The number of halogens is 1. The summed E-state index contributed by atoms with van der Waals surface area (Å²) in [4.78, 5) is 27.7. The molecule has 2 atom stereocenters. The third-order valence-electron chi connectivity index (χ3n) is 4.78. The number of likely N-dealkylation sites (N-methyl/N-ethyl adjacent to an activating group) is 1. The van der Waals surface area contributed by atoms with Crippen LogP contribution in [0.25, 0.3) is 0 Å². The largest absolute Gasteiger partial charge is 0.494 e. The van der Waals surface area contributed by atoms with E-state index in [0.29, 0.717) is 18.7 Å². The Bertz CT molecular complexity index is 653. The van der Waals surface area contributed by atoms with Gasteiger partial charge in [0.05, 0.1) is 13.2 Å². The van der Waals surface area contributed by atoms with Crippen molar-refractivity contribution in [2.75, 3.05) is 27.2 Å². The number of carbonyl (C=O) groups excluding carboxylic acids is 2. The third-order valence-corrected chi connectivity index (χ3v) is 4.78. The van der Waals surface area contributed by atoms with Crippen molar-refractivity contribution in [3.05, 3.63) is 29.6 Å². The number of ether oxygens (including phenoxy) is 1. The van der Waals surface area contributed by atoms with Crippen LogP contribution in [0.4, 0.5) is 4.39 Å². The monoisotopic (exact) mass is 365 g/mol. The molecule has 6 nitrogen and oxygen atoms in total. The van der Waals surface area contributed by atoms with Crippen LogP contribution in [0, 0.1) is 5.82 Å². The first-order valence-corrected chi connectivity index (χ1v) is 8.90. The molecule has 0 saturated carbocycles. The molecule has 7 heteroatoms. The number of nitrogens with one attached hydrogen (secondary N) is 1. The highest BCUT2D eigenvalue weighted by molar-refractivity contribution is 5.81. The lowest BCUT2D eigenvalue weighted by Gasteiger charge is -2.37. The van der Waals surface area contributed by atoms with Crippen LogP contribution in [0.5, 0.6) is 5.75 Å². The number of hydrogen-bond donors (Lipinski definition) is 1. The molecule has 0 aliphatic carbocycles. The molecule has 2 rings (SSSR count). The first-order valence-electron chi connectivity index (χ1n) is 8.90. The molecule has 2 unspecified atom stereocenters. The number of likely N-dealkylation sites (tertiary alicyclic amines) is 1. The van der Waals surface area contributed by atoms with Crippen molar-refractivity contribution in [1.82, 2.24) is 15.1 Å². The van der Waals surface area contributed by atoms with E-state index in [-0.39, 0.29) is 29.6 Å². The smallest absolute Gasteiger partial charge is 0.239 e. The second-order valence-electron chi connectivity index (χ2n) is 6.87. The van der Waals surface area contributed by atoms with Gasteiger partial charge in [-0.1, -0.05) is 6.07 Å². The van der Waals surface area contributed by atoms with Crippen LogP contribution < -0.4 is 10.1 Å². The van der Waals surface area contributed by atoms with E-state index in [9.17, 15) is 14.0 Å². The Morgan fingerprint density at radius 2 is 2.19 bits per heavy atom. The lowest BCUT2D eigenvalue weighted by Crippen LogP contribution is -2.54. The number of carbonyl (C=O) groups is 2. The van der Waals surface area contributed by atoms with Gasteiger partial charge in [0, 0.05) is 33.1 Å². The van der Waals surface area contributed by atoms with Crippen molar-refractivity contribution in [2.24, 2.45) is 0 Å². The highest BCUT2D eigenvalue weighted by Crippen LogP contribution is 2.19. The number of methoxy groups -OCH3 is 1. The SMILES string of the molecule is COc1ccc(CN(C)C(=O)C(C)N2CCCC(NC(C)=O)C2)cc1F. The number of benzene rings is 1. The normalized spacial score (nSPS) is 18.9. The summed E-state index contributed by atoms with van der Waals surface area (Å²) in [6, 6.07) is 4.50.